The SMILES string of the molecule is CC(C)CN1CCN(Cc2cc(N3CCCC3)cc(C(F)(F)F)c2)CC1. The van der Waals surface area contributed by atoms with Gasteiger partial charge in [-0.05, 0) is 42.5 Å². The van der Waals surface area contributed by atoms with Crippen LogP contribution in [-0.2, 0) is 12.7 Å². The highest BCUT2D eigenvalue weighted by atomic mass is 19.4. The first-order valence-corrected chi connectivity index (χ1v) is 9.72. The van der Waals surface area contributed by atoms with Crippen LogP contribution < -0.4 is 4.90 Å². The van der Waals surface area contributed by atoms with E-state index in [0.717, 1.165) is 69.9 Å². The molecule has 0 saturated carbocycles. The molecule has 2 fully saturated rings. The predicted molar refractivity (Wildman–Crippen MR) is 99.4 cm³/mol. The Labute approximate surface area is 154 Å². The van der Waals surface area contributed by atoms with E-state index in [1.165, 1.54) is 12.1 Å². The normalized spacial score (nSPS) is 20.3. The molecule has 0 amide bonds. The number of benzene rings is 1. The van der Waals surface area contributed by atoms with Crippen molar-refractivity contribution in [1.82, 2.24) is 9.80 Å². The summed E-state index contributed by atoms with van der Waals surface area (Å²) < 4.78 is 40.0. The number of alkyl halides is 3. The fourth-order valence-electron chi connectivity index (χ4n) is 3.99. The number of rotatable bonds is 5. The average molecular weight is 369 g/mol. The summed E-state index contributed by atoms with van der Waals surface area (Å²) in [5.74, 6) is 0.646. The third-order valence-electron chi connectivity index (χ3n) is 5.27. The van der Waals surface area contributed by atoms with E-state index < -0.39 is 11.7 Å². The zero-order chi connectivity index (χ0) is 18.7. The summed E-state index contributed by atoms with van der Waals surface area (Å²) in [4.78, 5) is 6.81. The van der Waals surface area contributed by atoms with Crippen LogP contribution >= 0.6 is 0 Å². The fraction of sp³-hybridized carbons (Fsp3) is 0.700. The lowest BCUT2D eigenvalue weighted by molar-refractivity contribution is -0.137. The lowest BCUT2D eigenvalue weighted by Gasteiger charge is -2.35. The first kappa shape index (κ1) is 19.5. The second-order valence-corrected chi connectivity index (χ2v) is 8.05. The standard InChI is InChI=1S/C20H30F3N3/c1-16(2)14-24-7-9-25(10-8-24)15-17-11-18(20(21,22)23)13-19(12-17)26-5-3-4-6-26/h11-13,16H,3-10,14-15H2,1-2H3. The van der Waals surface area contributed by atoms with E-state index in [-0.39, 0.29) is 0 Å². The number of piperazine rings is 1. The van der Waals surface area contributed by atoms with E-state index in [2.05, 4.69) is 28.5 Å². The molecule has 0 aliphatic carbocycles. The average Bonchev–Trinajstić information content (AvgIpc) is 3.10. The van der Waals surface area contributed by atoms with Crippen LogP contribution in [0.4, 0.5) is 18.9 Å². The number of hydrogen-bond acceptors (Lipinski definition) is 3. The van der Waals surface area contributed by atoms with Gasteiger partial charge in [0.05, 0.1) is 5.56 Å². The lowest BCUT2D eigenvalue weighted by Crippen LogP contribution is -2.46. The quantitative estimate of drug-likeness (QED) is 0.774. The molecule has 2 saturated heterocycles. The molecule has 2 aliphatic heterocycles. The highest BCUT2D eigenvalue weighted by Crippen LogP contribution is 2.34. The van der Waals surface area contributed by atoms with E-state index in [4.69, 9.17) is 0 Å². The van der Waals surface area contributed by atoms with E-state index >= 15 is 0 Å². The summed E-state index contributed by atoms with van der Waals surface area (Å²) in [6.45, 7) is 11.7. The van der Waals surface area contributed by atoms with Gasteiger partial charge in [-0.2, -0.15) is 13.2 Å². The van der Waals surface area contributed by atoms with Crippen molar-refractivity contribution in [2.75, 3.05) is 50.7 Å². The summed E-state index contributed by atoms with van der Waals surface area (Å²) in [5, 5.41) is 0. The number of halogens is 3. The van der Waals surface area contributed by atoms with Gasteiger partial charge in [-0.1, -0.05) is 13.8 Å². The predicted octanol–water partition coefficient (Wildman–Crippen LogP) is 4.08. The number of anilines is 1. The Hall–Kier alpha value is -1.27. The van der Waals surface area contributed by atoms with Gasteiger partial charge in [0.1, 0.15) is 0 Å². The van der Waals surface area contributed by atoms with E-state index in [9.17, 15) is 13.2 Å². The summed E-state index contributed by atoms with van der Waals surface area (Å²) in [6.07, 6.45) is -2.17. The fourth-order valence-corrected chi connectivity index (χ4v) is 3.99. The Morgan fingerprint density at radius 1 is 0.885 bits per heavy atom. The molecular formula is C20H30F3N3. The van der Waals surface area contributed by atoms with Crippen molar-refractivity contribution < 1.29 is 13.2 Å². The second-order valence-electron chi connectivity index (χ2n) is 8.05. The van der Waals surface area contributed by atoms with Crippen LogP contribution in [0.3, 0.4) is 0 Å². The zero-order valence-electron chi connectivity index (χ0n) is 15.9. The van der Waals surface area contributed by atoms with Crippen molar-refractivity contribution in [3.63, 3.8) is 0 Å². The molecule has 3 nitrogen and oxygen atoms in total. The molecule has 2 aliphatic rings. The van der Waals surface area contributed by atoms with Crippen LogP contribution in [0.5, 0.6) is 0 Å². The highest BCUT2D eigenvalue weighted by Gasteiger charge is 2.32. The minimum atomic E-state index is -4.29. The van der Waals surface area contributed by atoms with Gasteiger partial charge >= 0.3 is 6.18 Å². The summed E-state index contributed by atoms with van der Waals surface area (Å²) >= 11 is 0. The Morgan fingerprint density at radius 3 is 2.08 bits per heavy atom. The minimum absolute atomic E-state index is 0.518. The maximum Gasteiger partial charge on any atom is 0.416 e. The second kappa shape index (κ2) is 8.17. The monoisotopic (exact) mass is 369 g/mol. The maximum absolute atomic E-state index is 13.3. The van der Waals surface area contributed by atoms with Gasteiger partial charge < -0.3 is 9.80 Å². The Morgan fingerprint density at radius 2 is 1.50 bits per heavy atom. The summed E-state index contributed by atoms with van der Waals surface area (Å²) in [7, 11) is 0. The maximum atomic E-state index is 13.3. The largest absolute Gasteiger partial charge is 0.416 e. The molecule has 0 unspecified atom stereocenters. The molecule has 1 aromatic rings. The molecule has 0 spiro atoms. The molecule has 146 valence electrons. The van der Waals surface area contributed by atoms with Crippen molar-refractivity contribution in [2.45, 2.75) is 39.4 Å². The van der Waals surface area contributed by atoms with Gasteiger partial charge in [-0.25, -0.2) is 0 Å². The molecule has 0 radical (unpaired) electrons. The molecule has 0 aromatic heterocycles. The summed E-state index contributed by atoms with van der Waals surface area (Å²) in [6, 6.07) is 4.61. The first-order chi connectivity index (χ1) is 12.3. The van der Waals surface area contributed by atoms with Crippen LogP contribution in [0.1, 0.15) is 37.8 Å². The topological polar surface area (TPSA) is 9.72 Å². The molecule has 6 heteroatoms. The number of hydrogen-bond donors (Lipinski definition) is 0. The van der Waals surface area contributed by atoms with Crippen molar-refractivity contribution in [2.24, 2.45) is 5.92 Å². The van der Waals surface area contributed by atoms with Gasteiger partial charge in [-0.15, -0.1) is 0 Å². The third kappa shape index (κ3) is 5.13. The van der Waals surface area contributed by atoms with E-state index in [1.54, 1.807) is 0 Å². The van der Waals surface area contributed by atoms with Crippen LogP contribution in [0.15, 0.2) is 18.2 Å². The van der Waals surface area contributed by atoms with Crippen molar-refractivity contribution in [3.8, 4) is 0 Å². The summed E-state index contributed by atoms with van der Waals surface area (Å²) in [5.41, 5.74) is 0.986. The molecule has 26 heavy (non-hydrogen) atoms. The highest BCUT2D eigenvalue weighted by molar-refractivity contribution is 5.52. The van der Waals surface area contributed by atoms with Gasteiger partial charge in [0.25, 0.3) is 0 Å². The minimum Gasteiger partial charge on any atom is -0.372 e. The molecule has 1 aromatic carbocycles. The zero-order valence-corrected chi connectivity index (χ0v) is 15.9. The van der Waals surface area contributed by atoms with Crippen molar-refractivity contribution in [1.29, 1.82) is 0 Å². The molecule has 0 atom stereocenters. The molecule has 3 rings (SSSR count). The van der Waals surface area contributed by atoms with E-state index in [1.807, 2.05) is 6.07 Å². The van der Waals surface area contributed by atoms with Gasteiger partial charge in [0.15, 0.2) is 0 Å². The molecule has 0 N–H and O–H groups in total. The Kier molecular flexibility index (Phi) is 6.13. The Bertz CT molecular complexity index is 586. The van der Waals surface area contributed by atoms with Crippen molar-refractivity contribution in [3.05, 3.63) is 29.3 Å². The Balaban J connectivity index is 1.70. The number of nitrogens with zero attached hydrogens (tertiary/aromatic N) is 3. The van der Waals surface area contributed by atoms with Crippen molar-refractivity contribution >= 4 is 5.69 Å². The molecule has 2 heterocycles. The van der Waals surface area contributed by atoms with Gasteiger partial charge in [-0.3, -0.25) is 4.90 Å². The van der Waals surface area contributed by atoms with Gasteiger partial charge in [0.2, 0.25) is 0 Å². The lowest BCUT2D eigenvalue weighted by atomic mass is 10.1. The van der Waals surface area contributed by atoms with Crippen LogP contribution in [0.2, 0.25) is 0 Å². The van der Waals surface area contributed by atoms with Crippen LogP contribution in [0, 0.1) is 5.92 Å². The third-order valence-corrected chi connectivity index (χ3v) is 5.27. The molecule has 0 bridgehead atoms. The van der Waals surface area contributed by atoms with E-state index in [0.29, 0.717) is 12.5 Å². The van der Waals surface area contributed by atoms with Crippen LogP contribution in [0.25, 0.3) is 0 Å². The van der Waals surface area contributed by atoms with Crippen LogP contribution in [-0.4, -0.2) is 55.6 Å². The van der Waals surface area contributed by atoms with Gasteiger partial charge in [0, 0.05) is 58.0 Å². The first-order valence-electron chi connectivity index (χ1n) is 9.72. The smallest absolute Gasteiger partial charge is 0.372 e. The molecular weight excluding hydrogens is 339 g/mol.